The normalized spacial score (nSPS) is 17.2. The molecule has 0 aromatic heterocycles. The van der Waals surface area contributed by atoms with Gasteiger partial charge < -0.3 is 19.7 Å². The standard InChI is InChI=1S/C25H19ClFNO6/c1-33-19-10-6-15(27)12-17(19)23(30)21-22(13-3-9-20(34-2)18(29)11-13)28(25(32)24(21)31)16-7-4-14(26)5-8-16/h3-12,22,29-30H,1-2H3/b23-21+. The Morgan fingerprint density at radius 2 is 1.62 bits per heavy atom. The highest BCUT2D eigenvalue weighted by Crippen LogP contribution is 2.45. The fourth-order valence-corrected chi connectivity index (χ4v) is 4.03. The lowest BCUT2D eigenvalue weighted by molar-refractivity contribution is -0.132. The van der Waals surface area contributed by atoms with Gasteiger partial charge in [-0.3, -0.25) is 14.5 Å². The molecule has 1 aliphatic rings. The predicted molar refractivity (Wildman–Crippen MR) is 124 cm³/mol. The van der Waals surface area contributed by atoms with E-state index >= 15 is 0 Å². The number of methoxy groups -OCH3 is 2. The lowest BCUT2D eigenvalue weighted by Crippen LogP contribution is -2.29. The Bertz CT molecular complexity index is 1320. The van der Waals surface area contributed by atoms with Crippen molar-refractivity contribution in [3.8, 4) is 17.2 Å². The maximum Gasteiger partial charge on any atom is 0.300 e. The summed E-state index contributed by atoms with van der Waals surface area (Å²) < 4.78 is 24.3. The molecular formula is C25H19ClFNO6. The van der Waals surface area contributed by atoms with Gasteiger partial charge in [0.05, 0.1) is 31.4 Å². The Hall–Kier alpha value is -4.04. The molecule has 1 fully saturated rings. The number of halogens is 2. The molecular weight excluding hydrogens is 465 g/mol. The second kappa shape index (κ2) is 9.07. The number of anilines is 1. The Labute approximate surface area is 199 Å². The van der Waals surface area contributed by atoms with Crippen LogP contribution < -0.4 is 14.4 Å². The molecule has 3 aromatic rings. The molecule has 0 aliphatic carbocycles. The topological polar surface area (TPSA) is 96.3 Å². The SMILES string of the molecule is COc1ccc(C2/C(=C(\O)c3cc(F)ccc3OC)C(=O)C(=O)N2c2ccc(Cl)cc2)cc1O. The number of ether oxygens (including phenoxy) is 2. The lowest BCUT2D eigenvalue weighted by atomic mass is 9.94. The average molecular weight is 484 g/mol. The van der Waals surface area contributed by atoms with Crippen LogP contribution in [0.4, 0.5) is 10.1 Å². The van der Waals surface area contributed by atoms with Crippen molar-refractivity contribution in [2.75, 3.05) is 19.1 Å². The van der Waals surface area contributed by atoms with E-state index in [0.717, 1.165) is 12.1 Å². The van der Waals surface area contributed by atoms with E-state index in [1.807, 2.05) is 0 Å². The van der Waals surface area contributed by atoms with E-state index in [4.69, 9.17) is 21.1 Å². The van der Waals surface area contributed by atoms with E-state index in [-0.39, 0.29) is 28.4 Å². The minimum absolute atomic E-state index is 0.0978. The number of Topliss-reactive ketones (excluding diaryl/α,β-unsaturated/α-hetero) is 1. The fraction of sp³-hybridized carbons (Fsp3) is 0.120. The van der Waals surface area contributed by atoms with Crippen LogP contribution in [0.1, 0.15) is 17.2 Å². The summed E-state index contributed by atoms with van der Waals surface area (Å²) in [7, 11) is 2.71. The van der Waals surface area contributed by atoms with Crippen molar-refractivity contribution in [3.63, 3.8) is 0 Å². The third kappa shape index (κ3) is 3.92. The highest BCUT2D eigenvalue weighted by atomic mass is 35.5. The molecule has 4 rings (SSSR count). The number of rotatable bonds is 5. The van der Waals surface area contributed by atoms with Gasteiger partial charge in [0.15, 0.2) is 11.5 Å². The molecule has 0 saturated carbocycles. The maximum atomic E-state index is 14.0. The van der Waals surface area contributed by atoms with Crippen LogP contribution in [-0.2, 0) is 9.59 Å². The Morgan fingerprint density at radius 1 is 0.971 bits per heavy atom. The van der Waals surface area contributed by atoms with Crippen LogP contribution >= 0.6 is 11.6 Å². The summed E-state index contributed by atoms with van der Waals surface area (Å²) in [5.41, 5.74) is 0.245. The highest BCUT2D eigenvalue weighted by molar-refractivity contribution is 6.51. The predicted octanol–water partition coefficient (Wildman–Crippen LogP) is 4.83. The second-order valence-corrected chi connectivity index (χ2v) is 7.86. The van der Waals surface area contributed by atoms with Crippen LogP contribution in [-0.4, -0.2) is 36.1 Å². The van der Waals surface area contributed by atoms with Gasteiger partial charge in [-0.1, -0.05) is 17.7 Å². The fourth-order valence-electron chi connectivity index (χ4n) is 3.90. The van der Waals surface area contributed by atoms with Crippen molar-refractivity contribution in [1.29, 1.82) is 0 Å². The molecule has 1 atom stereocenters. The van der Waals surface area contributed by atoms with Crippen molar-refractivity contribution in [2.24, 2.45) is 0 Å². The van der Waals surface area contributed by atoms with Gasteiger partial charge in [-0.25, -0.2) is 4.39 Å². The van der Waals surface area contributed by atoms with E-state index in [9.17, 15) is 24.2 Å². The van der Waals surface area contributed by atoms with Gasteiger partial charge in [0.1, 0.15) is 17.3 Å². The number of nitrogens with zero attached hydrogens (tertiary/aromatic N) is 1. The third-order valence-electron chi connectivity index (χ3n) is 5.48. The van der Waals surface area contributed by atoms with Crippen LogP contribution in [0.3, 0.4) is 0 Å². The van der Waals surface area contributed by atoms with Gasteiger partial charge in [-0.05, 0) is 60.2 Å². The number of aliphatic hydroxyl groups is 1. The van der Waals surface area contributed by atoms with E-state index in [1.54, 1.807) is 30.3 Å². The van der Waals surface area contributed by atoms with Crippen molar-refractivity contribution < 1.29 is 33.7 Å². The summed E-state index contributed by atoms with van der Waals surface area (Å²) in [5, 5.41) is 22.0. The van der Waals surface area contributed by atoms with E-state index in [1.165, 1.54) is 37.3 Å². The molecule has 174 valence electrons. The Morgan fingerprint density at radius 3 is 2.24 bits per heavy atom. The molecule has 1 saturated heterocycles. The zero-order valence-electron chi connectivity index (χ0n) is 18.1. The number of phenolic OH excluding ortho intramolecular Hbond substituents is 1. The summed E-state index contributed by atoms with van der Waals surface area (Å²) in [4.78, 5) is 27.5. The van der Waals surface area contributed by atoms with Crippen molar-refractivity contribution in [1.82, 2.24) is 0 Å². The van der Waals surface area contributed by atoms with E-state index < -0.39 is 29.3 Å². The molecule has 7 nitrogen and oxygen atoms in total. The number of hydrogen-bond donors (Lipinski definition) is 2. The highest BCUT2D eigenvalue weighted by Gasteiger charge is 2.47. The number of benzene rings is 3. The number of amides is 1. The van der Waals surface area contributed by atoms with E-state index in [2.05, 4.69) is 0 Å². The summed E-state index contributed by atoms with van der Waals surface area (Å²) in [6.45, 7) is 0. The van der Waals surface area contributed by atoms with Crippen LogP contribution in [0, 0.1) is 5.82 Å². The number of carbonyl (C=O) groups excluding carboxylic acids is 2. The number of ketones is 1. The molecule has 0 spiro atoms. The zero-order valence-corrected chi connectivity index (χ0v) is 18.8. The molecule has 2 N–H and O–H groups in total. The van der Waals surface area contributed by atoms with Gasteiger partial charge in [0.2, 0.25) is 0 Å². The lowest BCUT2D eigenvalue weighted by Gasteiger charge is -2.26. The first kappa shape index (κ1) is 23.1. The quantitative estimate of drug-likeness (QED) is 0.306. The van der Waals surface area contributed by atoms with Crippen molar-refractivity contribution in [3.05, 3.63) is 88.2 Å². The summed E-state index contributed by atoms with van der Waals surface area (Å²) in [5.74, 6) is -3.14. The van der Waals surface area contributed by atoms with Crippen LogP contribution in [0.15, 0.2) is 66.2 Å². The smallest absolute Gasteiger partial charge is 0.300 e. The van der Waals surface area contributed by atoms with Gasteiger partial charge in [0, 0.05) is 10.7 Å². The monoisotopic (exact) mass is 483 g/mol. The van der Waals surface area contributed by atoms with E-state index in [0.29, 0.717) is 16.3 Å². The second-order valence-electron chi connectivity index (χ2n) is 7.42. The van der Waals surface area contributed by atoms with Crippen molar-refractivity contribution in [2.45, 2.75) is 6.04 Å². The molecule has 0 bridgehead atoms. The molecule has 1 heterocycles. The number of phenols is 1. The summed E-state index contributed by atoms with van der Waals surface area (Å²) >= 11 is 5.98. The average Bonchev–Trinajstić information content (AvgIpc) is 3.09. The summed E-state index contributed by atoms with van der Waals surface area (Å²) in [6.07, 6.45) is 0. The van der Waals surface area contributed by atoms with Crippen LogP contribution in [0.25, 0.3) is 5.76 Å². The number of aliphatic hydroxyl groups excluding tert-OH is 1. The Balaban J connectivity index is 1.99. The van der Waals surface area contributed by atoms with Crippen molar-refractivity contribution >= 4 is 34.7 Å². The molecule has 9 heteroatoms. The van der Waals surface area contributed by atoms with Gasteiger partial charge in [0.25, 0.3) is 11.7 Å². The first-order valence-electron chi connectivity index (χ1n) is 10.0. The molecule has 1 amide bonds. The minimum atomic E-state index is -1.15. The summed E-state index contributed by atoms with van der Waals surface area (Å²) in [6, 6.07) is 12.8. The zero-order chi connectivity index (χ0) is 24.6. The van der Waals surface area contributed by atoms with Gasteiger partial charge in [-0.15, -0.1) is 0 Å². The maximum absolute atomic E-state index is 14.0. The number of carbonyl (C=O) groups is 2. The van der Waals surface area contributed by atoms with Gasteiger partial charge in [-0.2, -0.15) is 0 Å². The number of hydrogen-bond acceptors (Lipinski definition) is 6. The first-order chi connectivity index (χ1) is 16.3. The number of aromatic hydroxyl groups is 1. The largest absolute Gasteiger partial charge is 0.507 e. The first-order valence-corrected chi connectivity index (χ1v) is 10.4. The minimum Gasteiger partial charge on any atom is -0.507 e. The Kier molecular flexibility index (Phi) is 6.17. The van der Waals surface area contributed by atoms with Crippen LogP contribution in [0.5, 0.6) is 17.2 Å². The molecule has 1 aliphatic heterocycles. The molecule has 1 unspecified atom stereocenters. The molecule has 3 aromatic carbocycles. The third-order valence-corrected chi connectivity index (χ3v) is 5.74. The molecule has 0 radical (unpaired) electrons. The molecule has 34 heavy (non-hydrogen) atoms. The van der Waals surface area contributed by atoms with Crippen LogP contribution in [0.2, 0.25) is 5.02 Å². The van der Waals surface area contributed by atoms with Gasteiger partial charge >= 0.3 is 0 Å².